The van der Waals surface area contributed by atoms with Crippen LogP contribution in [-0.4, -0.2) is 17.0 Å². The molecule has 0 saturated heterocycles. The third kappa shape index (κ3) is 3.05. The summed E-state index contributed by atoms with van der Waals surface area (Å²) in [4.78, 5) is 8.09. The van der Waals surface area contributed by atoms with Crippen molar-refractivity contribution in [1.82, 2.24) is 9.97 Å². The van der Waals surface area contributed by atoms with Gasteiger partial charge in [-0.3, -0.25) is 0 Å². The van der Waals surface area contributed by atoms with Gasteiger partial charge in [-0.15, -0.1) is 0 Å². The Hall–Kier alpha value is -2.34. The lowest BCUT2D eigenvalue weighted by Crippen LogP contribution is -2.01. The minimum absolute atomic E-state index is 0.168. The number of nitrogen functional groups attached to an aromatic ring is 1. The van der Waals surface area contributed by atoms with E-state index in [0.29, 0.717) is 17.4 Å². The zero-order chi connectivity index (χ0) is 14.8. The Morgan fingerprint density at radius 2 is 1.81 bits per heavy atom. The number of hydrogen-bond donors (Lipinski definition) is 2. The third-order valence-electron chi connectivity index (χ3n) is 2.97. The van der Waals surface area contributed by atoms with Crippen molar-refractivity contribution in [2.75, 3.05) is 18.1 Å². The minimum atomic E-state index is 0.168. The molecule has 2 aromatic carbocycles. The summed E-state index contributed by atoms with van der Waals surface area (Å²) in [7, 11) is 1.76. The summed E-state index contributed by atoms with van der Waals surface area (Å²) in [5.41, 5.74) is 5.65. The van der Waals surface area contributed by atoms with Crippen LogP contribution in [0.15, 0.2) is 46.9 Å². The van der Waals surface area contributed by atoms with Gasteiger partial charge in [-0.2, -0.15) is 9.97 Å². The summed E-state index contributed by atoms with van der Waals surface area (Å²) in [6.07, 6.45) is 0. The van der Waals surface area contributed by atoms with Gasteiger partial charge in [-0.1, -0.05) is 28.1 Å². The van der Waals surface area contributed by atoms with Crippen molar-refractivity contribution >= 4 is 38.5 Å². The normalized spacial score (nSPS) is 10.6. The highest BCUT2D eigenvalue weighted by molar-refractivity contribution is 9.10. The van der Waals surface area contributed by atoms with Crippen molar-refractivity contribution in [3.8, 4) is 11.6 Å². The summed E-state index contributed by atoms with van der Waals surface area (Å²) >= 11 is 3.46. The SMILES string of the molecule is CNc1cc(Oc2ccc3cc(Br)ccc3c2)nc(N)n1. The molecule has 0 unspecified atom stereocenters. The first kappa shape index (κ1) is 13.6. The van der Waals surface area contributed by atoms with Gasteiger partial charge < -0.3 is 15.8 Å². The number of nitrogens with zero attached hydrogens (tertiary/aromatic N) is 2. The molecule has 1 aromatic heterocycles. The van der Waals surface area contributed by atoms with Gasteiger partial charge in [0.15, 0.2) is 0 Å². The van der Waals surface area contributed by atoms with Crippen molar-refractivity contribution in [2.24, 2.45) is 0 Å². The number of benzene rings is 2. The molecule has 0 radical (unpaired) electrons. The zero-order valence-electron chi connectivity index (χ0n) is 11.3. The summed E-state index contributed by atoms with van der Waals surface area (Å²) in [5, 5.41) is 5.14. The first-order valence-electron chi connectivity index (χ1n) is 6.33. The molecule has 0 aliphatic carbocycles. The maximum atomic E-state index is 5.76. The summed E-state index contributed by atoms with van der Waals surface area (Å²) in [6, 6.07) is 13.6. The number of aromatic nitrogens is 2. The van der Waals surface area contributed by atoms with Crippen molar-refractivity contribution in [3.63, 3.8) is 0 Å². The number of fused-ring (bicyclic) bond motifs is 1. The molecule has 106 valence electrons. The van der Waals surface area contributed by atoms with Gasteiger partial charge in [0.1, 0.15) is 11.6 Å². The van der Waals surface area contributed by atoms with Gasteiger partial charge in [0.2, 0.25) is 11.8 Å². The molecular formula is C15H13BrN4O. The number of rotatable bonds is 3. The smallest absolute Gasteiger partial charge is 0.226 e. The molecule has 5 nitrogen and oxygen atoms in total. The van der Waals surface area contributed by atoms with E-state index in [1.54, 1.807) is 13.1 Å². The summed E-state index contributed by atoms with van der Waals surface area (Å²) in [6.45, 7) is 0. The average molecular weight is 345 g/mol. The lowest BCUT2D eigenvalue weighted by Gasteiger charge is -2.08. The Bertz CT molecular complexity index is 807. The standard InChI is InChI=1S/C15H13BrN4O/c1-18-13-8-14(20-15(17)19-13)21-12-5-3-9-6-11(16)4-2-10(9)7-12/h2-8H,1H3,(H3,17,18,19,20). The molecule has 3 aromatic rings. The van der Waals surface area contributed by atoms with Crippen LogP contribution in [-0.2, 0) is 0 Å². The van der Waals surface area contributed by atoms with E-state index in [4.69, 9.17) is 10.5 Å². The second-order valence-electron chi connectivity index (χ2n) is 4.45. The van der Waals surface area contributed by atoms with E-state index in [-0.39, 0.29) is 5.95 Å². The van der Waals surface area contributed by atoms with Crippen molar-refractivity contribution in [3.05, 3.63) is 46.9 Å². The Morgan fingerprint density at radius 1 is 1.05 bits per heavy atom. The largest absolute Gasteiger partial charge is 0.439 e. The van der Waals surface area contributed by atoms with Crippen LogP contribution in [0.1, 0.15) is 0 Å². The Balaban J connectivity index is 1.94. The van der Waals surface area contributed by atoms with E-state index < -0.39 is 0 Å². The molecule has 6 heteroatoms. The fraction of sp³-hybridized carbons (Fsp3) is 0.0667. The van der Waals surface area contributed by atoms with E-state index in [1.165, 1.54) is 0 Å². The van der Waals surface area contributed by atoms with Gasteiger partial charge in [-0.25, -0.2) is 0 Å². The van der Waals surface area contributed by atoms with Crippen LogP contribution in [0, 0.1) is 0 Å². The maximum absolute atomic E-state index is 5.76. The van der Waals surface area contributed by atoms with E-state index in [0.717, 1.165) is 15.2 Å². The highest BCUT2D eigenvalue weighted by Crippen LogP contribution is 2.27. The second kappa shape index (κ2) is 5.57. The zero-order valence-corrected chi connectivity index (χ0v) is 12.9. The number of anilines is 2. The highest BCUT2D eigenvalue weighted by atomic mass is 79.9. The molecule has 1 heterocycles. The Morgan fingerprint density at radius 3 is 2.62 bits per heavy atom. The fourth-order valence-corrected chi connectivity index (χ4v) is 2.38. The number of hydrogen-bond acceptors (Lipinski definition) is 5. The predicted molar refractivity (Wildman–Crippen MR) is 87.7 cm³/mol. The van der Waals surface area contributed by atoms with Crippen LogP contribution >= 0.6 is 15.9 Å². The Labute approximate surface area is 130 Å². The maximum Gasteiger partial charge on any atom is 0.226 e. The molecule has 0 saturated carbocycles. The van der Waals surface area contributed by atoms with E-state index >= 15 is 0 Å². The van der Waals surface area contributed by atoms with Crippen LogP contribution in [0.25, 0.3) is 10.8 Å². The van der Waals surface area contributed by atoms with Crippen molar-refractivity contribution < 1.29 is 4.74 Å². The average Bonchev–Trinajstić information content (AvgIpc) is 2.47. The van der Waals surface area contributed by atoms with Gasteiger partial charge in [0.05, 0.1) is 0 Å². The molecule has 0 atom stereocenters. The topological polar surface area (TPSA) is 73.1 Å². The molecule has 0 aliphatic rings. The van der Waals surface area contributed by atoms with E-state index in [1.807, 2.05) is 30.3 Å². The van der Waals surface area contributed by atoms with E-state index in [2.05, 4.69) is 37.3 Å². The third-order valence-corrected chi connectivity index (χ3v) is 3.47. The number of halogens is 1. The van der Waals surface area contributed by atoms with E-state index in [9.17, 15) is 0 Å². The lowest BCUT2D eigenvalue weighted by atomic mass is 10.1. The van der Waals surface area contributed by atoms with Crippen LogP contribution in [0.3, 0.4) is 0 Å². The summed E-state index contributed by atoms with van der Waals surface area (Å²) in [5.74, 6) is 1.89. The quantitative estimate of drug-likeness (QED) is 0.755. The minimum Gasteiger partial charge on any atom is -0.439 e. The first-order valence-corrected chi connectivity index (χ1v) is 7.13. The van der Waals surface area contributed by atoms with Gasteiger partial charge >= 0.3 is 0 Å². The molecule has 0 fully saturated rings. The molecule has 0 bridgehead atoms. The molecule has 3 rings (SSSR count). The van der Waals surface area contributed by atoms with Crippen molar-refractivity contribution in [2.45, 2.75) is 0 Å². The van der Waals surface area contributed by atoms with Crippen LogP contribution in [0.5, 0.6) is 11.6 Å². The molecule has 3 N–H and O–H groups in total. The molecule has 0 spiro atoms. The van der Waals surface area contributed by atoms with Gasteiger partial charge in [-0.05, 0) is 35.0 Å². The van der Waals surface area contributed by atoms with Crippen LogP contribution in [0.4, 0.5) is 11.8 Å². The number of nitrogens with two attached hydrogens (primary N) is 1. The summed E-state index contributed by atoms with van der Waals surface area (Å²) < 4.78 is 6.80. The van der Waals surface area contributed by atoms with Crippen molar-refractivity contribution in [1.29, 1.82) is 0 Å². The molecule has 21 heavy (non-hydrogen) atoms. The van der Waals surface area contributed by atoms with Crippen LogP contribution in [0.2, 0.25) is 0 Å². The van der Waals surface area contributed by atoms with Crippen LogP contribution < -0.4 is 15.8 Å². The van der Waals surface area contributed by atoms with Gasteiger partial charge in [0.25, 0.3) is 0 Å². The highest BCUT2D eigenvalue weighted by Gasteiger charge is 2.05. The lowest BCUT2D eigenvalue weighted by molar-refractivity contribution is 0.463. The number of ether oxygens (including phenoxy) is 1. The molecule has 0 amide bonds. The fourth-order valence-electron chi connectivity index (χ4n) is 2.00. The molecular weight excluding hydrogens is 332 g/mol. The Kier molecular flexibility index (Phi) is 3.62. The monoisotopic (exact) mass is 344 g/mol. The predicted octanol–water partition coefficient (Wildman–Crippen LogP) is 3.81. The van der Waals surface area contributed by atoms with Gasteiger partial charge in [0, 0.05) is 17.6 Å². The number of nitrogens with one attached hydrogen (secondary N) is 1. The second-order valence-corrected chi connectivity index (χ2v) is 5.37. The molecule has 0 aliphatic heterocycles. The first-order chi connectivity index (χ1) is 10.1.